The van der Waals surface area contributed by atoms with Crippen molar-refractivity contribution >= 4 is 33.9 Å². The topological polar surface area (TPSA) is 85.4 Å². The van der Waals surface area contributed by atoms with Crippen LogP contribution in [0.25, 0.3) is 22.0 Å². The lowest BCUT2D eigenvalue weighted by Crippen LogP contribution is -2.09. The molecule has 0 aliphatic rings. The zero-order valence-electron chi connectivity index (χ0n) is 18.4. The molecule has 0 bridgehead atoms. The van der Waals surface area contributed by atoms with E-state index in [0.29, 0.717) is 28.0 Å². The number of amides is 1. The van der Waals surface area contributed by atoms with E-state index in [9.17, 15) is 13.6 Å². The van der Waals surface area contributed by atoms with E-state index >= 15 is 0 Å². The standard InChI is InChI=1S/C25H20F2N4O3/c1-4-22(32)31-17-8-6-5-7-16(17)30-21-10-15-12-28-18(9-14(15)13-29-21)23-24(26)19(33-2)11-20(34-3)25(23)27/h4-13H,1H2,2-3H3,(H,29,30)(H,31,32). The quantitative estimate of drug-likeness (QED) is 0.355. The molecule has 0 aliphatic heterocycles. The van der Waals surface area contributed by atoms with E-state index in [4.69, 9.17) is 9.47 Å². The van der Waals surface area contributed by atoms with Crippen LogP contribution in [0.1, 0.15) is 0 Å². The van der Waals surface area contributed by atoms with Gasteiger partial charge in [-0.3, -0.25) is 9.78 Å². The van der Waals surface area contributed by atoms with Gasteiger partial charge in [-0.2, -0.15) is 0 Å². The van der Waals surface area contributed by atoms with Crippen LogP contribution in [0.5, 0.6) is 11.5 Å². The first-order valence-electron chi connectivity index (χ1n) is 10.1. The number of pyridine rings is 2. The molecule has 0 radical (unpaired) electrons. The first-order chi connectivity index (χ1) is 16.4. The lowest BCUT2D eigenvalue weighted by molar-refractivity contribution is -0.111. The highest BCUT2D eigenvalue weighted by Crippen LogP contribution is 2.37. The number of hydrogen-bond acceptors (Lipinski definition) is 6. The van der Waals surface area contributed by atoms with Crippen molar-refractivity contribution in [3.05, 3.63) is 79.1 Å². The molecule has 0 saturated heterocycles. The minimum absolute atomic E-state index is 0.0692. The van der Waals surface area contributed by atoms with Gasteiger partial charge in [0.1, 0.15) is 5.82 Å². The van der Waals surface area contributed by atoms with Crippen LogP contribution in [-0.4, -0.2) is 30.1 Å². The third-order valence-electron chi connectivity index (χ3n) is 5.07. The number of carbonyl (C=O) groups excluding carboxylic acids is 1. The maximum Gasteiger partial charge on any atom is 0.247 e. The summed E-state index contributed by atoms with van der Waals surface area (Å²) >= 11 is 0. The van der Waals surface area contributed by atoms with Crippen LogP contribution >= 0.6 is 0 Å². The summed E-state index contributed by atoms with van der Waals surface area (Å²) in [4.78, 5) is 20.3. The molecular formula is C25H20F2N4O3. The Morgan fingerprint density at radius 3 is 2.21 bits per heavy atom. The predicted molar refractivity (Wildman–Crippen MR) is 127 cm³/mol. The SMILES string of the molecule is C=CC(=O)Nc1ccccc1Nc1cc2cnc(-c3c(F)c(OC)cc(OC)c3F)cc2cn1. The van der Waals surface area contributed by atoms with Gasteiger partial charge in [-0.15, -0.1) is 0 Å². The number of carbonyl (C=O) groups is 1. The van der Waals surface area contributed by atoms with E-state index in [1.807, 2.05) is 6.07 Å². The summed E-state index contributed by atoms with van der Waals surface area (Å²) in [6.45, 7) is 3.45. The van der Waals surface area contributed by atoms with Crippen molar-refractivity contribution < 1.29 is 23.0 Å². The number of nitrogens with one attached hydrogen (secondary N) is 2. The fourth-order valence-electron chi connectivity index (χ4n) is 3.38. The number of rotatable bonds is 7. The highest BCUT2D eigenvalue weighted by Gasteiger charge is 2.22. The Hall–Kier alpha value is -4.53. The van der Waals surface area contributed by atoms with Gasteiger partial charge in [-0.25, -0.2) is 13.8 Å². The zero-order valence-corrected chi connectivity index (χ0v) is 18.4. The summed E-state index contributed by atoms with van der Waals surface area (Å²) in [5, 5.41) is 7.17. The molecule has 0 spiro atoms. The van der Waals surface area contributed by atoms with Crippen molar-refractivity contribution in [2.75, 3.05) is 24.9 Å². The normalized spacial score (nSPS) is 10.6. The number of aromatic nitrogens is 2. The van der Waals surface area contributed by atoms with Crippen LogP contribution in [0, 0.1) is 11.6 Å². The van der Waals surface area contributed by atoms with E-state index in [1.165, 1.54) is 32.6 Å². The smallest absolute Gasteiger partial charge is 0.247 e. The molecule has 7 nitrogen and oxygen atoms in total. The number of fused-ring (bicyclic) bond motifs is 1. The molecule has 2 aromatic carbocycles. The van der Waals surface area contributed by atoms with Crippen LogP contribution in [0.2, 0.25) is 0 Å². The minimum atomic E-state index is -0.878. The van der Waals surface area contributed by atoms with Crippen molar-refractivity contribution in [3.63, 3.8) is 0 Å². The van der Waals surface area contributed by atoms with Gasteiger partial charge in [0.05, 0.1) is 36.9 Å². The summed E-state index contributed by atoms with van der Waals surface area (Å²) in [7, 11) is 2.57. The Kier molecular flexibility index (Phi) is 6.35. The van der Waals surface area contributed by atoms with Gasteiger partial charge in [0.25, 0.3) is 0 Å². The number of halogens is 2. The van der Waals surface area contributed by atoms with Crippen molar-refractivity contribution in [1.82, 2.24) is 9.97 Å². The van der Waals surface area contributed by atoms with Crippen LogP contribution in [0.3, 0.4) is 0 Å². The highest BCUT2D eigenvalue weighted by atomic mass is 19.1. The average Bonchev–Trinajstić information content (AvgIpc) is 2.85. The second kappa shape index (κ2) is 9.53. The van der Waals surface area contributed by atoms with Crippen LogP contribution in [0.4, 0.5) is 26.0 Å². The largest absolute Gasteiger partial charge is 0.494 e. The Labute approximate surface area is 194 Å². The van der Waals surface area contributed by atoms with Crippen LogP contribution in [-0.2, 0) is 4.79 Å². The molecule has 2 heterocycles. The maximum absolute atomic E-state index is 14.9. The van der Waals surface area contributed by atoms with Gasteiger partial charge >= 0.3 is 0 Å². The molecule has 0 unspecified atom stereocenters. The van der Waals surface area contributed by atoms with E-state index < -0.39 is 11.6 Å². The second-order valence-electron chi connectivity index (χ2n) is 7.13. The highest BCUT2D eigenvalue weighted by molar-refractivity contribution is 6.01. The van der Waals surface area contributed by atoms with Gasteiger partial charge in [0, 0.05) is 29.2 Å². The lowest BCUT2D eigenvalue weighted by atomic mass is 10.1. The van der Waals surface area contributed by atoms with E-state index in [-0.39, 0.29) is 28.7 Å². The number of methoxy groups -OCH3 is 2. The molecule has 4 aromatic rings. The minimum Gasteiger partial charge on any atom is -0.494 e. The fourth-order valence-corrected chi connectivity index (χ4v) is 3.38. The molecule has 34 heavy (non-hydrogen) atoms. The maximum atomic E-state index is 14.9. The molecule has 0 aliphatic carbocycles. The molecule has 172 valence electrons. The van der Waals surface area contributed by atoms with Gasteiger partial charge in [-0.05, 0) is 30.3 Å². The number of benzene rings is 2. The number of anilines is 3. The number of ether oxygens (including phenoxy) is 2. The molecule has 0 saturated carbocycles. The van der Waals surface area contributed by atoms with Crippen molar-refractivity contribution in [2.24, 2.45) is 0 Å². The third-order valence-corrected chi connectivity index (χ3v) is 5.07. The lowest BCUT2D eigenvalue weighted by Gasteiger charge is -2.13. The molecule has 1 amide bonds. The summed E-state index contributed by atoms with van der Waals surface area (Å²) in [6, 6.07) is 11.5. The first-order valence-corrected chi connectivity index (χ1v) is 10.1. The molecule has 2 aromatic heterocycles. The third kappa shape index (κ3) is 4.36. The predicted octanol–water partition coefficient (Wildman–Crippen LogP) is 5.46. The molecule has 0 atom stereocenters. The molecule has 4 rings (SSSR count). The zero-order chi connectivity index (χ0) is 24.2. The van der Waals surface area contributed by atoms with Crippen molar-refractivity contribution in [2.45, 2.75) is 0 Å². The van der Waals surface area contributed by atoms with Gasteiger partial charge in [0.2, 0.25) is 5.91 Å². The van der Waals surface area contributed by atoms with Gasteiger partial charge in [-0.1, -0.05) is 18.7 Å². The number of nitrogens with zero attached hydrogens (tertiary/aromatic N) is 2. The van der Waals surface area contributed by atoms with E-state index in [1.54, 1.807) is 30.5 Å². The van der Waals surface area contributed by atoms with E-state index in [0.717, 1.165) is 6.07 Å². The molecular weight excluding hydrogens is 442 g/mol. The monoisotopic (exact) mass is 462 g/mol. The second-order valence-corrected chi connectivity index (χ2v) is 7.13. The summed E-state index contributed by atoms with van der Waals surface area (Å²) < 4.78 is 39.8. The number of hydrogen-bond donors (Lipinski definition) is 2. The van der Waals surface area contributed by atoms with Gasteiger partial charge in [0.15, 0.2) is 23.1 Å². The summed E-state index contributed by atoms with van der Waals surface area (Å²) in [5.74, 6) is -1.92. The molecule has 2 N–H and O–H groups in total. The Balaban J connectivity index is 1.70. The molecule has 9 heteroatoms. The van der Waals surface area contributed by atoms with Crippen molar-refractivity contribution in [3.8, 4) is 22.8 Å². The Morgan fingerprint density at radius 1 is 0.941 bits per heavy atom. The Morgan fingerprint density at radius 2 is 1.56 bits per heavy atom. The molecule has 0 fully saturated rings. The summed E-state index contributed by atoms with van der Waals surface area (Å²) in [5.41, 5.74) is 0.898. The Bertz CT molecular complexity index is 1380. The van der Waals surface area contributed by atoms with E-state index in [2.05, 4.69) is 27.2 Å². The van der Waals surface area contributed by atoms with Crippen molar-refractivity contribution in [1.29, 1.82) is 0 Å². The average molecular weight is 462 g/mol. The summed E-state index contributed by atoms with van der Waals surface area (Å²) in [6.07, 6.45) is 4.23. The number of para-hydroxylation sites is 2. The van der Waals surface area contributed by atoms with Crippen LogP contribution in [0.15, 0.2) is 67.5 Å². The fraction of sp³-hybridized carbons (Fsp3) is 0.0800. The van der Waals surface area contributed by atoms with Gasteiger partial charge < -0.3 is 20.1 Å². The first kappa shape index (κ1) is 22.7. The van der Waals surface area contributed by atoms with Crippen LogP contribution < -0.4 is 20.1 Å².